The number of hydrogen-bond donors (Lipinski definition) is 0. The van der Waals surface area contributed by atoms with Crippen molar-refractivity contribution < 1.29 is 13.7 Å². The molecule has 1 aliphatic rings. The molecule has 0 N–H and O–H groups in total. The molecule has 0 amide bonds. The van der Waals surface area contributed by atoms with E-state index in [1.54, 1.807) is 12.3 Å². The Hall–Kier alpha value is -1.70. The third-order valence-corrected chi connectivity index (χ3v) is 3.36. The maximum Gasteiger partial charge on any atom is 0.241 e. The minimum Gasteiger partial charge on any atom is -0.461 e. The number of ether oxygens (including phenoxy) is 1. The molecule has 2 aromatic rings. The molecule has 7 heteroatoms. The van der Waals surface area contributed by atoms with Crippen LogP contribution in [0.15, 0.2) is 27.3 Å². The van der Waals surface area contributed by atoms with Crippen LogP contribution in [0, 0.1) is 0 Å². The first-order chi connectivity index (χ1) is 10.2. The second-order valence-electron chi connectivity index (χ2n) is 5.48. The topological polar surface area (TPSA) is 67.8 Å². The van der Waals surface area contributed by atoms with Gasteiger partial charge >= 0.3 is 0 Å². The lowest BCUT2D eigenvalue weighted by Crippen LogP contribution is -2.46. The molecule has 114 valence electrons. The number of aromatic nitrogens is 2. The van der Waals surface area contributed by atoms with Crippen molar-refractivity contribution in [3.05, 3.63) is 24.3 Å². The van der Waals surface area contributed by atoms with Crippen molar-refractivity contribution in [3.8, 4) is 11.6 Å². The predicted octanol–water partition coefficient (Wildman–Crippen LogP) is 1.09. The van der Waals surface area contributed by atoms with E-state index in [0.29, 0.717) is 24.0 Å². The molecule has 3 rings (SSSR count). The number of likely N-dealkylation sites (N-methyl/N-ethyl adjacent to an activating group) is 1. The van der Waals surface area contributed by atoms with Gasteiger partial charge in [-0.05, 0) is 26.2 Å². The molecule has 0 aliphatic carbocycles. The second-order valence-corrected chi connectivity index (χ2v) is 5.48. The van der Waals surface area contributed by atoms with E-state index < -0.39 is 0 Å². The largest absolute Gasteiger partial charge is 0.461 e. The Kier molecular flexibility index (Phi) is 4.33. The summed E-state index contributed by atoms with van der Waals surface area (Å²) < 4.78 is 16.3. The Balaban J connectivity index is 1.59. The molecule has 1 fully saturated rings. The van der Waals surface area contributed by atoms with Crippen LogP contribution < -0.4 is 0 Å². The summed E-state index contributed by atoms with van der Waals surface area (Å²) in [6.07, 6.45) is 1.82. The van der Waals surface area contributed by atoms with Gasteiger partial charge in [-0.15, -0.1) is 0 Å². The van der Waals surface area contributed by atoms with Gasteiger partial charge in [-0.1, -0.05) is 5.16 Å². The van der Waals surface area contributed by atoms with Gasteiger partial charge in [-0.2, -0.15) is 4.98 Å². The van der Waals surface area contributed by atoms with Crippen LogP contribution >= 0.6 is 0 Å². The van der Waals surface area contributed by atoms with Gasteiger partial charge in [0.25, 0.3) is 0 Å². The van der Waals surface area contributed by atoms with Gasteiger partial charge in [0.15, 0.2) is 5.76 Å². The zero-order valence-corrected chi connectivity index (χ0v) is 12.4. The quantitative estimate of drug-likeness (QED) is 0.817. The number of nitrogens with zero attached hydrogens (tertiary/aromatic N) is 4. The molecule has 1 atom stereocenters. The van der Waals surface area contributed by atoms with Crippen LogP contribution in [0.3, 0.4) is 0 Å². The lowest BCUT2D eigenvalue weighted by molar-refractivity contribution is -0.0430. The first-order valence-electron chi connectivity index (χ1n) is 7.06. The van der Waals surface area contributed by atoms with Crippen LogP contribution in [-0.2, 0) is 11.3 Å². The second kappa shape index (κ2) is 6.38. The minimum absolute atomic E-state index is 0.223. The molecule has 1 aliphatic heterocycles. The van der Waals surface area contributed by atoms with Crippen molar-refractivity contribution in [2.24, 2.45) is 0 Å². The Labute approximate surface area is 123 Å². The third-order valence-electron chi connectivity index (χ3n) is 3.36. The Morgan fingerprint density at radius 2 is 2.33 bits per heavy atom. The Morgan fingerprint density at radius 1 is 1.43 bits per heavy atom. The summed E-state index contributed by atoms with van der Waals surface area (Å²) >= 11 is 0. The van der Waals surface area contributed by atoms with Crippen molar-refractivity contribution in [2.45, 2.75) is 12.6 Å². The maximum atomic E-state index is 5.76. The molecule has 0 spiro atoms. The van der Waals surface area contributed by atoms with Crippen LogP contribution in [0.4, 0.5) is 0 Å². The van der Waals surface area contributed by atoms with E-state index in [9.17, 15) is 0 Å². The normalized spacial score (nSPS) is 20.2. The average Bonchev–Trinajstić information content (AvgIpc) is 3.08. The lowest BCUT2D eigenvalue weighted by atomic mass is 10.2. The SMILES string of the molecule is CN(C)C[C@H]1CN(Cc2nc(-c3ccco3)no2)CCO1. The smallest absolute Gasteiger partial charge is 0.241 e. The fourth-order valence-electron chi connectivity index (χ4n) is 2.46. The van der Waals surface area contributed by atoms with E-state index in [1.807, 2.05) is 6.07 Å². The van der Waals surface area contributed by atoms with Gasteiger partial charge in [-0.3, -0.25) is 4.90 Å². The molecule has 0 radical (unpaired) electrons. The summed E-state index contributed by atoms with van der Waals surface area (Å²) in [5, 5.41) is 3.95. The molecule has 0 bridgehead atoms. The fourth-order valence-corrected chi connectivity index (χ4v) is 2.46. The van der Waals surface area contributed by atoms with Crippen molar-refractivity contribution in [1.29, 1.82) is 0 Å². The summed E-state index contributed by atoms with van der Waals surface area (Å²) in [7, 11) is 4.10. The van der Waals surface area contributed by atoms with Gasteiger partial charge in [0, 0.05) is 19.6 Å². The summed E-state index contributed by atoms with van der Waals surface area (Å²) in [5.74, 6) is 1.72. The van der Waals surface area contributed by atoms with Gasteiger partial charge in [-0.25, -0.2) is 0 Å². The van der Waals surface area contributed by atoms with Gasteiger partial charge in [0.05, 0.1) is 25.5 Å². The summed E-state index contributed by atoms with van der Waals surface area (Å²) in [6, 6.07) is 3.62. The van der Waals surface area contributed by atoms with E-state index in [0.717, 1.165) is 26.2 Å². The molecule has 1 saturated heterocycles. The predicted molar refractivity (Wildman–Crippen MR) is 75.6 cm³/mol. The monoisotopic (exact) mass is 292 g/mol. The third kappa shape index (κ3) is 3.69. The molecule has 3 heterocycles. The first-order valence-corrected chi connectivity index (χ1v) is 7.06. The van der Waals surface area contributed by atoms with Gasteiger partial charge < -0.3 is 18.6 Å². The molecular weight excluding hydrogens is 272 g/mol. The van der Waals surface area contributed by atoms with Crippen LogP contribution in [0.2, 0.25) is 0 Å². The van der Waals surface area contributed by atoms with Crippen molar-refractivity contribution in [3.63, 3.8) is 0 Å². The molecule has 2 aromatic heterocycles. The molecule has 0 saturated carbocycles. The van der Waals surface area contributed by atoms with Gasteiger partial charge in [0.1, 0.15) is 0 Å². The standard InChI is InChI=1S/C14H20N4O3/c1-17(2)8-11-9-18(5-7-19-11)10-13-15-14(16-21-13)12-4-3-6-20-12/h3-4,6,11H,5,7-10H2,1-2H3/t11-/m0/s1. The summed E-state index contributed by atoms with van der Waals surface area (Å²) in [5.41, 5.74) is 0. The number of hydrogen-bond acceptors (Lipinski definition) is 7. The highest BCUT2D eigenvalue weighted by Crippen LogP contribution is 2.17. The Morgan fingerprint density at radius 3 is 3.10 bits per heavy atom. The lowest BCUT2D eigenvalue weighted by Gasteiger charge is -2.33. The first kappa shape index (κ1) is 14.2. The summed E-state index contributed by atoms with van der Waals surface area (Å²) in [4.78, 5) is 8.78. The molecule has 7 nitrogen and oxygen atoms in total. The van der Waals surface area contributed by atoms with E-state index in [1.165, 1.54) is 0 Å². The van der Waals surface area contributed by atoms with Gasteiger partial charge in [0.2, 0.25) is 11.7 Å². The van der Waals surface area contributed by atoms with E-state index in [-0.39, 0.29) is 6.10 Å². The summed E-state index contributed by atoms with van der Waals surface area (Å²) in [6.45, 7) is 4.04. The van der Waals surface area contributed by atoms with Crippen molar-refractivity contribution in [1.82, 2.24) is 19.9 Å². The fraction of sp³-hybridized carbons (Fsp3) is 0.571. The molecule has 0 unspecified atom stereocenters. The van der Waals surface area contributed by atoms with E-state index in [4.69, 9.17) is 13.7 Å². The van der Waals surface area contributed by atoms with E-state index >= 15 is 0 Å². The number of rotatable bonds is 5. The van der Waals surface area contributed by atoms with Crippen LogP contribution in [0.1, 0.15) is 5.89 Å². The Bertz CT molecular complexity index is 552. The minimum atomic E-state index is 0.223. The van der Waals surface area contributed by atoms with E-state index in [2.05, 4.69) is 34.0 Å². The number of furan rings is 1. The van der Waals surface area contributed by atoms with Crippen LogP contribution in [-0.4, -0.2) is 66.4 Å². The number of morpholine rings is 1. The zero-order valence-electron chi connectivity index (χ0n) is 12.4. The average molecular weight is 292 g/mol. The van der Waals surface area contributed by atoms with Crippen LogP contribution in [0.25, 0.3) is 11.6 Å². The van der Waals surface area contributed by atoms with Crippen molar-refractivity contribution in [2.75, 3.05) is 40.3 Å². The van der Waals surface area contributed by atoms with Crippen molar-refractivity contribution >= 4 is 0 Å². The molecule has 0 aromatic carbocycles. The molecular formula is C14H20N4O3. The highest BCUT2D eigenvalue weighted by molar-refractivity contribution is 5.44. The highest BCUT2D eigenvalue weighted by atomic mass is 16.5. The maximum absolute atomic E-state index is 5.76. The molecule has 21 heavy (non-hydrogen) atoms. The highest BCUT2D eigenvalue weighted by Gasteiger charge is 2.23. The van der Waals surface area contributed by atoms with Crippen LogP contribution in [0.5, 0.6) is 0 Å². The zero-order chi connectivity index (χ0) is 14.7.